The molecular weight excluding hydrogens is 220 g/mol. The molecule has 2 atom stereocenters. The van der Waals surface area contributed by atoms with E-state index in [1.807, 2.05) is 11.3 Å². The molecule has 1 aromatic heterocycles. The number of nitrogens with two attached hydrogens (primary N) is 1. The van der Waals surface area contributed by atoms with Crippen LogP contribution in [0, 0.1) is 0 Å². The van der Waals surface area contributed by atoms with E-state index in [2.05, 4.69) is 29.3 Å². The van der Waals surface area contributed by atoms with Gasteiger partial charge in [0, 0.05) is 30.6 Å². The largest absolute Gasteiger partial charge is 0.374 e. The van der Waals surface area contributed by atoms with Crippen molar-refractivity contribution in [1.29, 1.82) is 0 Å². The van der Waals surface area contributed by atoms with Gasteiger partial charge in [-0.15, -0.1) is 11.3 Å². The first-order valence-corrected chi connectivity index (χ1v) is 6.82. The number of hydrogen-bond donors (Lipinski definition) is 1. The maximum absolute atomic E-state index is 5.68. The van der Waals surface area contributed by atoms with Crippen LogP contribution in [0.2, 0.25) is 0 Å². The monoisotopic (exact) mass is 240 g/mol. The molecule has 2 rings (SSSR count). The Morgan fingerprint density at radius 3 is 3.19 bits per heavy atom. The van der Waals surface area contributed by atoms with Crippen molar-refractivity contribution in [2.75, 3.05) is 26.2 Å². The lowest BCUT2D eigenvalue weighted by atomic mass is 10.1. The summed E-state index contributed by atoms with van der Waals surface area (Å²) in [5, 5.41) is 2.15. The minimum absolute atomic E-state index is 0.211. The zero-order valence-electron chi connectivity index (χ0n) is 9.76. The van der Waals surface area contributed by atoms with Crippen molar-refractivity contribution in [3.63, 3.8) is 0 Å². The fourth-order valence-electron chi connectivity index (χ4n) is 2.29. The predicted molar refractivity (Wildman–Crippen MR) is 67.7 cm³/mol. The number of hydrogen-bond acceptors (Lipinski definition) is 4. The molecule has 4 heteroatoms. The fourth-order valence-corrected chi connectivity index (χ4v) is 3.23. The van der Waals surface area contributed by atoms with E-state index in [0.29, 0.717) is 12.6 Å². The summed E-state index contributed by atoms with van der Waals surface area (Å²) in [5.74, 6) is 0. The first-order chi connectivity index (χ1) is 7.85. The highest BCUT2D eigenvalue weighted by Gasteiger charge is 2.26. The predicted octanol–water partition coefficient (Wildman–Crippen LogP) is 1.86. The molecule has 3 nitrogen and oxygen atoms in total. The molecule has 0 radical (unpaired) electrons. The number of thiophene rings is 1. The van der Waals surface area contributed by atoms with Gasteiger partial charge in [-0.05, 0) is 17.9 Å². The molecule has 0 aliphatic carbocycles. The number of rotatable bonds is 4. The van der Waals surface area contributed by atoms with E-state index in [1.54, 1.807) is 0 Å². The van der Waals surface area contributed by atoms with Crippen molar-refractivity contribution >= 4 is 11.3 Å². The van der Waals surface area contributed by atoms with Crippen LogP contribution in [0.3, 0.4) is 0 Å². The summed E-state index contributed by atoms with van der Waals surface area (Å²) in [6.45, 7) is 5.66. The summed E-state index contributed by atoms with van der Waals surface area (Å²) in [6.07, 6.45) is 1.36. The Morgan fingerprint density at radius 2 is 2.56 bits per heavy atom. The quantitative estimate of drug-likeness (QED) is 0.873. The van der Waals surface area contributed by atoms with Gasteiger partial charge < -0.3 is 10.5 Å². The topological polar surface area (TPSA) is 38.5 Å². The van der Waals surface area contributed by atoms with Crippen LogP contribution in [0.15, 0.2) is 17.5 Å². The van der Waals surface area contributed by atoms with Crippen molar-refractivity contribution < 1.29 is 4.74 Å². The Kier molecular flexibility index (Phi) is 4.35. The van der Waals surface area contributed by atoms with Crippen LogP contribution in [-0.2, 0) is 4.74 Å². The maximum atomic E-state index is 5.68. The number of nitrogens with zero attached hydrogens (tertiary/aromatic N) is 1. The minimum atomic E-state index is 0.211. The van der Waals surface area contributed by atoms with Gasteiger partial charge >= 0.3 is 0 Å². The van der Waals surface area contributed by atoms with E-state index in [4.69, 9.17) is 10.5 Å². The second-order valence-electron chi connectivity index (χ2n) is 4.16. The van der Waals surface area contributed by atoms with Gasteiger partial charge in [-0.3, -0.25) is 4.90 Å². The summed E-state index contributed by atoms with van der Waals surface area (Å²) in [5.41, 5.74) is 5.68. The third-order valence-electron chi connectivity index (χ3n) is 3.13. The summed E-state index contributed by atoms with van der Waals surface area (Å²) in [4.78, 5) is 3.97. The average Bonchev–Trinajstić information content (AvgIpc) is 2.84. The molecule has 0 bridgehead atoms. The highest BCUT2D eigenvalue weighted by atomic mass is 32.1. The van der Waals surface area contributed by atoms with E-state index in [9.17, 15) is 0 Å². The van der Waals surface area contributed by atoms with Crippen LogP contribution in [0.25, 0.3) is 0 Å². The van der Waals surface area contributed by atoms with Crippen LogP contribution in [0.5, 0.6) is 0 Å². The highest BCUT2D eigenvalue weighted by Crippen LogP contribution is 2.29. The van der Waals surface area contributed by atoms with Gasteiger partial charge in [0.05, 0.1) is 12.7 Å². The van der Waals surface area contributed by atoms with Gasteiger partial charge in [0.15, 0.2) is 0 Å². The van der Waals surface area contributed by atoms with E-state index < -0.39 is 0 Å². The van der Waals surface area contributed by atoms with Gasteiger partial charge in [0.25, 0.3) is 0 Å². The number of morpholine rings is 1. The highest BCUT2D eigenvalue weighted by molar-refractivity contribution is 7.10. The van der Waals surface area contributed by atoms with Crippen LogP contribution in [-0.4, -0.2) is 37.2 Å². The van der Waals surface area contributed by atoms with Crippen LogP contribution in [0.1, 0.15) is 24.3 Å². The minimum Gasteiger partial charge on any atom is -0.374 e. The molecule has 1 aromatic rings. The van der Waals surface area contributed by atoms with E-state index in [0.717, 1.165) is 26.1 Å². The van der Waals surface area contributed by atoms with Gasteiger partial charge in [0.2, 0.25) is 0 Å². The molecular formula is C12H20N2OS. The molecule has 1 saturated heterocycles. The Labute approximate surface area is 101 Å². The van der Waals surface area contributed by atoms with Gasteiger partial charge in [-0.1, -0.05) is 13.0 Å². The Balaban J connectivity index is 2.03. The van der Waals surface area contributed by atoms with Crippen LogP contribution in [0.4, 0.5) is 0 Å². The third kappa shape index (κ3) is 2.63. The first kappa shape index (κ1) is 12.0. The van der Waals surface area contributed by atoms with Crippen molar-refractivity contribution in [2.45, 2.75) is 25.5 Å². The molecule has 0 aromatic carbocycles. The summed E-state index contributed by atoms with van der Waals surface area (Å²) >= 11 is 1.84. The molecule has 1 aliphatic heterocycles. The van der Waals surface area contributed by atoms with E-state index in [1.165, 1.54) is 4.88 Å². The third-order valence-corrected chi connectivity index (χ3v) is 4.11. The molecule has 16 heavy (non-hydrogen) atoms. The fraction of sp³-hybridized carbons (Fsp3) is 0.667. The zero-order valence-corrected chi connectivity index (χ0v) is 10.6. The van der Waals surface area contributed by atoms with Crippen LogP contribution >= 0.6 is 11.3 Å². The molecule has 0 spiro atoms. The Hall–Kier alpha value is -0.420. The average molecular weight is 240 g/mol. The maximum Gasteiger partial charge on any atom is 0.0824 e. The lowest BCUT2D eigenvalue weighted by molar-refractivity contribution is -0.0391. The normalized spacial score (nSPS) is 24.5. The zero-order chi connectivity index (χ0) is 11.4. The first-order valence-electron chi connectivity index (χ1n) is 5.94. The molecule has 2 heterocycles. The molecule has 1 aliphatic rings. The summed E-state index contributed by atoms with van der Waals surface area (Å²) < 4.78 is 5.61. The van der Waals surface area contributed by atoms with Crippen molar-refractivity contribution in [1.82, 2.24) is 4.90 Å². The molecule has 2 unspecified atom stereocenters. The lowest BCUT2D eigenvalue weighted by Crippen LogP contribution is -2.46. The number of ether oxygens (including phenoxy) is 1. The SMILES string of the molecule is CCC(c1cccs1)N1CCOC(CN)C1. The van der Waals surface area contributed by atoms with Gasteiger partial charge in [-0.25, -0.2) is 0 Å². The van der Waals surface area contributed by atoms with E-state index in [-0.39, 0.29) is 6.10 Å². The van der Waals surface area contributed by atoms with E-state index >= 15 is 0 Å². The summed E-state index contributed by atoms with van der Waals surface area (Å²) in [6, 6.07) is 4.90. The van der Waals surface area contributed by atoms with Crippen molar-refractivity contribution in [2.24, 2.45) is 5.73 Å². The second kappa shape index (κ2) is 5.77. The van der Waals surface area contributed by atoms with Gasteiger partial charge in [0.1, 0.15) is 0 Å². The van der Waals surface area contributed by atoms with Crippen molar-refractivity contribution in [3.05, 3.63) is 22.4 Å². The van der Waals surface area contributed by atoms with Crippen LogP contribution < -0.4 is 5.73 Å². The summed E-state index contributed by atoms with van der Waals surface area (Å²) in [7, 11) is 0. The smallest absolute Gasteiger partial charge is 0.0824 e. The van der Waals surface area contributed by atoms with Crippen molar-refractivity contribution in [3.8, 4) is 0 Å². The molecule has 2 N–H and O–H groups in total. The molecule has 90 valence electrons. The molecule has 0 amide bonds. The second-order valence-corrected chi connectivity index (χ2v) is 5.14. The standard InChI is InChI=1S/C12H20N2OS/c1-2-11(12-4-3-7-16-12)14-5-6-15-10(8-13)9-14/h3-4,7,10-11H,2,5-6,8-9,13H2,1H3. The Bertz CT molecular complexity index is 302. The lowest BCUT2D eigenvalue weighted by Gasteiger charge is -2.37. The molecule has 0 saturated carbocycles. The Morgan fingerprint density at radius 1 is 1.69 bits per heavy atom. The molecule has 1 fully saturated rings. The van der Waals surface area contributed by atoms with Gasteiger partial charge in [-0.2, -0.15) is 0 Å².